The molecule has 0 saturated carbocycles. The smallest absolute Gasteiger partial charge is 0.0406 e. The molecule has 0 spiro atoms. The van der Waals surface area contributed by atoms with Crippen molar-refractivity contribution in [2.75, 3.05) is 0 Å². The van der Waals surface area contributed by atoms with Gasteiger partial charge in [0.2, 0.25) is 0 Å². The third kappa shape index (κ3) is 4.29. The predicted octanol–water partition coefficient (Wildman–Crippen LogP) is 5.24. The second kappa shape index (κ2) is 6.53. The first-order valence-corrected chi connectivity index (χ1v) is 6.85. The maximum atomic E-state index is 5.83. The summed E-state index contributed by atoms with van der Waals surface area (Å²) in [5.41, 5.74) is 2.52. The Balaban J connectivity index is 1.84. The molecule has 0 N–H and O–H groups in total. The second-order valence-corrected chi connectivity index (χ2v) is 4.98. The van der Waals surface area contributed by atoms with Gasteiger partial charge in [-0.2, -0.15) is 0 Å². The highest BCUT2D eigenvalue weighted by Gasteiger charge is 1.91. The average Bonchev–Trinajstić information content (AvgIpc) is 2.38. The highest BCUT2D eigenvalue weighted by molar-refractivity contribution is 8.01. The normalized spacial score (nSPS) is 10.9. The molecule has 0 aromatic heterocycles. The molecule has 0 aliphatic rings. The summed E-state index contributed by atoms with van der Waals surface area (Å²) >= 11 is 7.62. The standard InChI is InChI=1S/C15H13ClS/c16-15-8-6-14(7-9-15)12-17-11-10-13-4-2-1-3-5-13/h1-11H,12H2/b11-10-. The lowest BCUT2D eigenvalue weighted by molar-refractivity contribution is 1.42. The molecule has 0 radical (unpaired) electrons. The fraction of sp³-hybridized carbons (Fsp3) is 0.0667. The molecule has 0 heterocycles. The van der Waals surface area contributed by atoms with Crippen LogP contribution in [0.2, 0.25) is 5.02 Å². The van der Waals surface area contributed by atoms with Crippen LogP contribution in [-0.2, 0) is 5.75 Å². The Bertz CT molecular complexity index is 474. The molecule has 2 aromatic rings. The molecule has 0 unspecified atom stereocenters. The molecule has 0 saturated heterocycles. The minimum absolute atomic E-state index is 0.790. The zero-order chi connectivity index (χ0) is 11.9. The minimum Gasteiger partial charge on any atom is -0.129 e. The van der Waals surface area contributed by atoms with Crippen LogP contribution in [-0.4, -0.2) is 0 Å². The topological polar surface area (TPSA) is 0 Å². The molecule has 86 valence electrons. The van der Waals surface area contributed by atoms with E-state index in [0.29, 0.717) is 0 Å². The van der Waals surface area contributed by atoms with E-state index >= 15 is 0 Å². The second-order valence-electron chi connectivity index (χ2n) is 3.65. The van der Waals surface area contributed by atoms with E-state index < -0.39 is 0 Å². The van der Waals surface area contributed by atoms with Crippen molar-refractivity contribution >= 4 is 29.4 Å². The van der Waals surface area contributed by atoms with Gasteiger partial charge in [-0.1, -0.05) is 54.1 Å². The van der Waals surface area contributed by atoms with Crippen LogP contribution in [0.15, 0.2) is 60.0 Å². The number of thioether (sulfide) groups is 1. The van der Waals surface area contributed by atoms with E-state index in [2.05, 4.69) is 35.7 Å². The van der Waals surface area contributed by atoms with Crippen LogP contribution in [0.5, 0.6) is 0 Å². The van der Waals surface area contributed by atoms with Gasteiger partial charge in [0.15, 0.2) is 0 Å². The molecular formula is C15H13ClS. The van der Waals surface area contributed by atoms with Gasteiger partial charge in [0.25, 0.3) is 0 Å². The van der Waals surface area contributed by atoms with Crippen LogP contribution in [0.1, 0.15) is 11.1 Å². The lowest BCUT2D eigenvalue weighted by Crippen LogP contribution is -1.76. The first-order chi connectivity index (χ1) is 8.34. The zero-order valence-electron chi connectivity index (χ0n) is 9.34. The van der Waals surface area contributed by atoms with E-state index in [-0.39, 0.29) is 0 Å². The van der Waals surface area contributed by atoms with Crippen LogP contribution in [0.25, 0.3) is 6.08 Å². The highest BCUT2D eigenvalue weighted by atomic mass is 35.5. The quantitative estimate of drug-likeness (QED) is 0.724. The number of rotatable bonds is 4. The van der Waals surface area contributed by atoms with Gasteiger partial charge in [-0.3, -0.25) is 0 Å². The fourth-order valence-electron chi connectivity index (χ4n) is 1.42. The molecule has 0 atom stereocenters. The van der Waals surface area contributed by atoms with Gasteiger partial charge >= 0.3 is 0 Å². The molecule has 17 heavy (non-hydrogen) atoms. The third-order valence-corrected chi connectivity index (χ3v) is 3.40. The van der Waals surface area contributed by atoms with Crippen molar-refractivity contribution < 1.29 is 0 Å². The van der Waals surface area contributed by atoms with Gasteiger partial charge in [-0.15, -0.1) is 11.8 Å². The lowest BCUT2D eigenvalue weighted by atomic mass is 10.2. The Morgan fingerprint density at radius 3 is 2.35 bits per heavy atom. The van der Waals surface area contributed by atoms with Gasteiger partial charge in [0.05, 0.1) is 0 Å². The molecule has 0 aliphatic heterocycles. The molecule has 0 nitrogen and oxygen atoms in total. The maximum Gasteiger partial charge on any atom is 0.0406 e. The Morgan fingerprint density at radius 2 is 1.65 bits per heavy atom. The van der Waals surface area contributed by atoms with Gasteiger partial charge in [-0.25, -0.2) is 0 Å². The maximum absolute atomic E-state index is 5.83. The van der Waals surface area contributed by atoms with E-state index in [1.54, 1.807) is 11.8 Å². The van der Waals surface area contributed by atoms with Crippen molar-refractivity contribution in [2.45, 2.75) is 5.75 Å². The van der Waals surface area contributed by atoms with Crippen LogP contribution in [0.3, 0.4) is 0 Å². The first kappa shape index (κ1) is 12.3. The first-order valence-electron chi connectivity index (χ1n) is 5.42. The van der Waals surface area contributed by atoms with E-state index in [1.165, 1.54) is 11.1 Å². The minimum atomic E-state index is 0.790. The molecular weight excluding hydrogens is 248 g/mol. The molecule has 2 heteroatoms. The number of hydrogen-bond acceptors (Lipinski definition) is 1. The van der Waals surface area contributed by atoms with Gasteiger partial charge in [0.1, 0.15) is 0 Å². The number of halogens is 1. The third-order valence-electron chi connectivity index (χ3n) is 2.32. The summed E-state index contributed by atoms with van der Waals surface area (Å²) < 4.78 is 0. The van der Waals surface area contributed by atoms with Crippen molar-refractivity contribution in [2.24, 2.45) is 0 Å². The summed E-state index contributed by atoms with van der Waals surface area (Å²) in [6.45, 7) is 0. The van der Waals surface area contributed by atoms with Crippen molar-refractivity contribution in [3.05, 3.63) is 76.2 Å². The Morgan fingerprint density at radius 1 is 0.941 bits per heavy atom. The number of benzene rings is 2. The zero-order valence-corrected chi connectivity index (χ0v) is 10.9. The predicted molar refractivity (Wildman–Crippen MR) is 78.2 cm³/mol. The van der Waals surface area contributed by atoms with E-state index in [4.69, 9.17) is 11.6 Å². The largest absolute Gasteiger partial charge is 0.129 e. The van der Waals surface area contributed by atoms with Crippen molar-refractivity contribution in [1.82, 2.24) is 0 Å². The summed E-state index contributed by atoms with van der Waals surface area (Å²) in [6, 6.07) is 18.3. The molecule has 2 rings (SSSR count). The summed E-state index contributed by atoms with van der Waals surface area (Å²) in [6.07, 6.45) is 2.13. The van der Waals surface area contributed by atoms with Crippen molar-refractivity contribution in [3.63, 3.8) is 0 Å². The van der Waals surface area contributed by atoms with Crippen LogP contribution < -0.4 is 0 Å². The van der Waals surface area contributed by atoms with Gasteiger partial charge in [0, 0.05) is 10.8 Å². The van der Waals surface area contributed by atoms with E-state index in [0.717, 1.165) is 10.8 Å². The Labute approximate surface area is 111 Å². The van der Waals surface area contributed by atoms with Crippen LogP contribution in [0, 0.1) is 0 Å². The van der Waals surface area contributed by atoms with Crippen molar-refractivity contribution in [1.29, 1.82) is 0 Å². The fourth-order valence-corrected chi connectivity index (χ4v) is 2.28. The van der Waals surface area contributed by atoms with E-state index in [1.807, 2.05) is 30.3 Å². The monoisotopic (exact) mass is 260 g/mol. The summed E-state index contributed by atoms with van der Waals surface area (Å²) in [7, 11) is 0. The molecule has 2 aromatic carbocycles. The van der Waals surface area contributed by atoms with Crippen LogP contribution >= 0.6 is 23.4 Å². The average molecular weight is 261 g/mol. The lowest BCUT2D eigenvalue weighted by Gasteiger charge is -1.98. The van der Waals surface area contributed by atoms with Crippen molar-refractivity contribution in [3.8, 4) is 0 Å². The van der Waals surface area contributed by atoms with Gasteiger partial charge < -0.3 is 0 Å². The summed E-state index contributed by atoms with van der Waals surface area (Å²) in [5, 5.41) is 2.92. The number of hydrogen-bond donors (Lipinski definition) is 0. The molecule has 0 fully saturated rings. The Hall–Kier alpha value is -1.18. The highest BCUT2D eigenvalue weighted by Crippen LogP contribution is 2.17. The molecule has 0 aliphatic carbocycles. The molecule has 0 amide bonds. The Kier molecular flexibility index (Phi) is 4.72. The van der Waals surface area contributed by atoms with Crippen LogP contribution in [0.4, 0.5) is 0 Å². The summed E-state index contributed by atoms with van der Waals surface area (Å²) in [4.78, 5) is 0. The van der Waals surface area contributed by atoms with Gasteiger partial charge in [-0.05, 0) is 34.7 Å². The SMILES string of the molecule is Clc1ccc(CS/C=C\c2ccccc2)cc1. The van der Waals surface area contributed by atoms with E-state index in [9.17, 15) is 0 Å². The molecule has 0 bridgehead atoms. The summed E-state index contributed by atoms with van der Waals surface area (Å²) in [5.74, 6) is 0.973.